The Bertz CT molecular complexity index is 434. The predicted molar refractivity (Wildman–Crippen MR) is 51.7 cm³/mol. The van der Waals surface area contributed by atoms with E-state index in [0.29, 0.717) is 24.8 Å². The number of nitrogen functional groups attached to an aromatic ring is 1. The number of aromatic amines is 1. The molecule has 2 heterocycles. The molecule has 2 aromatic rings. The monoisotopic (exact) mass is 209 g/mol. The summed E-state index contributed by atoms with van der Waals surface area (Å²) in [6.07, 6.45) is 1.60. The Morgan fingerprint density at radius 2 is 2.47 bits per heavy atom. The van der Waals surface area contributed by atoms with Gasteiger partial charge in [0.05, 0.1) is 6.61 Å². The number of rotatable bonds is 4. The first kappa shape index (κ1) is 9.59. The van der Waals surface area contributed by atoms with Gasteiger partial charge in [0.15, 0.2) is 5.82 Å². The lowest BCUT2D eigenvalue weighted by Crippen LogP contribution is -2.05. The summed E-state index contributed by atoms with van der Waals surface area (Å²) >= 11 is 0. The molecule has 0 radical (unpaired) electrons. The standard InChI is InChI=1S/C7H11N7O/c1-15-3-2-14-4-9-12-6(14)5-10-7(8)13-11-5/h4H,2-3H2,1H3,(H3,8,10,11,13). The van der Waals surface area contributed by atoms with Crippen LogP contribution < -0.4 is 5.73 Å². The van der Waals surface area contributed by atoms with Crippen molar-refractivity contribution in [3.8, 4) is 11.6 Å². The number of ether oxygens (including phenoxy) is 1. The number of nitrogens with one attached hydrogen (secondary N) is 1. The molecule has 0 aromatic carbocycles. The zero-order valence-corrected chi connectivity index (χ0v) is 8.21. The van der Waals surface area contributed by atoms with Crippen molar-refractivity contribution in [2.24, 2.45) is 0 Å². The van der Waals surface area contributed by atoms with Crippen LogP contribution in [0.2, 0.25) is 0 Å². The third-order valence-electron chi connectivity index (χ3n) is 1.87. The third kappa shape index (κ3) is 1.94. The third-order valence-corrected chi connectivity index (χ3v) is 1.87. The highest BCUT2D eigenvalue weighted by Gasteiger charge is 2.10. The Morgan fingerprint density at radius 1 is 1.60 bits per heavy atom. The molecule has 8 nitrogen and oxygen atoms in total. The largest absolute Gasteiger partial charge is 0.383 e. The molecule has 0 bridgehead atoms. The Labute approximate surface area is 85.5 Å². The second-order valence-electron chi connectivity index (χ2n) is 2.88. The van der Waals surface area contributed by atoms with Crippen LogP contribution in [0.3, 0.4) is 0 Å². The van der Waals surface area contributed by atoms with E-state index < -0.39 is 0 Å². The van der Waals surface area contributed by atoms with Gasteiger partial charge in [0, 0.05) is 13.7 Å². The maximum atomic E-state index is 5.40. The highest BCUT2D eigenvalue weighted by atomic mass is 16.5. The molecule has 0 aliphatic rings. The van der Waals surface area contributed by atoms with E-state index in [0.717, 1.165) is 0 Å². The van der Waals surface area contributed by atoms with Gasteiger partial charge in [-0.15, -0.1) is 15.3 Å². The van der Waals surface area contributed by atoms with Gasteiger partial charge in [0.1, 0.15) is 6.33 Å². The minimum Gasteiger partial charge on any atom is -0.383 e. The summed E-state index contributed by atoms with van der Waals surface area (Å²) in [5, 5.41) is 14.1. The molecule has 0 amide bonds. The summed E-state index contributed by atoms with van der Waals surface area (Å²) in [6.45, 7) is 1.23. The molecular weight excluding hydrogens is 198 g/mol. The summed E-state index contributed by atoms with van der Waals surface area (Å²) in [6, 6.07) is 0. The van der Waals surface area contributed by atoms with E-state index >= 15 is 0 Å². The predicted octanol–water partition coefficient (Wildman–Crippen LogP) is -0.708. The van der Waals surface area contributed by atoms with Gasteiger partial charge < -0.3 is 15.0 Å². The lowest BCUT2D eigenvalue weighted by molar-refractivity contribution is 0.187. The molecule has 0 spiro atoms. The summed E-state index contributed by atoms with van der Waals surface area (Å²) in [4.78, 5) is 3.97. The lowest BCUT2D eigenvalue weighted by atomic mass is 10.5. The molecule has 0 fully saturated rings. The van der Waals surface area contributed by atoms with Gasteiger partial charge in [-0.1, -0.05) is 0 Å². The SMILES string of the molecule is COCCn1cnnc1-c1nc(N)n[nH]1. The van der Waals surface area contributed by atoms with Crippen LogP contribution in [0.1, 0.15) is 0 Å². The molecule has 0 saturated heterocycles. The van der Waals surface area contributed by atoms with Crippen LogP contribution >= 0.6 is 0 Å². The van der Waals surface area contributed by atoms with Crippen molar-refractivity contribution in [2.75, 3.05) is 19.5 Å². The van der Waals surface area contributed by atoms with E-state index in [2.05, 4.69) is 25.4 Å². The topological polar surface area (TPSA) is 108 Å². The number of nitrogens with zero attached hydrogens (tertiary/aromatic N) is 5. The summed E-state index contributed by atoms with van der Waals surface area (Å²) < 4.78 is 6.77. The van der Waals surface area contributed by atoms with E-state index in [-0.39, 0.29) is 5.95 Å². The lowest BCUT2D eigenvalue weighted by Gasteiger charge is -2.02. The first-order valence-corrected chi connectivity index (χ1v) is 4.36. The van der Waals surface area contributed by atoms with Crippen LogP contribution in [0.4, 0.5) is 5.95 Å². The van der Waals surface area contributed by atoms with Gasteiger partial charge >= 0.3 is 0 Å². The van der Waals surface area contributed by atoms with Crippen molar-refractivity contribution in [2.45, 2.75) is 6.54 Å². The first-order chi connectivity index (χ1) is 7.31. The smallest absolute Gasteiger partial charge is 0.239 e. The Kier molecular flexibility index (Phi) is 2.59. The van der Waals surface area contributed by atoms with Crippen LogP contribution in [0.15, 0.2) is 6.33 Å². The van der Waals surface area contributed by atoms with E-state index in [4.69, 9.17) is 10.5 Å². The Hall–Kier alpha value is -1.96. The number of H-pyrrole nitrogens is 1. The molecular formula is C7H11N7O. The minimum absolute atomic E-state index is 0.186. The molecule has 0 aliphatic carbocycles. The molecule has 3 N–H and O–H groups in total. The Morgan fingerprint density at radius 3 is 3.13 bits per heavy atom. The van der Waals surface area contributed by atoms with E-state index in [1.54, 1.807) is 13.4 Å². The van der Waals surface area contributed by atoms with Crippen LogP contribution in [0.25, 0.3) is 11.6 Å². The number of methoxy groups -OCH3 is 1. The fourth-order valence-corrected chi connectivity index (χ4v) is 1.17. The van der Waals surface area contributed by atoms with Gasteiger partial charge in [0.25, 0.3) is 0 Å². The zero-order chi connectivity index (χ0) is 10.7. The quantitative estimate of drug-likeness (QED) is 0.688. The average Bonchev–Trinajstić information content (AvgIpc) is 2.82. The average molecular weight is 209 g/mol. The molecule has 0 aliphatic heterocycles. The molecule has 80 valence electrons. The van der Waals surface area contributed by atoms with Crippen molar-refractivity contribution in [3.63, 3.8) is 0 Å². The van der Waals surface area contributed by atoms with Crippen molar-refractivity contribution in [1.82, 2.24) is 29.9 Å². The van der Waals surface area contributed by atoms with E-state index in [9.17, 15) is 0 Å². The van der Waals surface area contributed by atoms with Gasteiger partial charge in [-0.3, -0.25) is 5.10 Å². The van der Waals surface area contributed by atoms with Crippen molar-refractivity contribution in [1.29, 1.82) is 0 Å². The van der Waals surface area contributed by atoms with Gasteiger partial charge in [0.2, 0.25) is 11.8 Å². The van der Waals surface area contributed by atoms with Gasteiger partial charge in [-0.05, 0) is 0 Å². The molecule has 2 rings (SSSR count). The van der Waals surface area contributed by atoms with Gasteiger partial charge in [-0.2, -0.15) is 4.98 Å². The van der Waals surface area contributed by atoms with Crippen LogP contribution in [0.5, 0.6) is 0 Å². The molecule has 0 atom stereocenters. The maximum Gasteiger partial charge on any atom is 0.239 e. The van der Waals surface area contributed by atoms with Gasteiger partial charge in [-0.25, -0.2) is 0 Å². The minimum atomic E-state index is 0.186. The number of aromatic nitrogens is 6. The highest BCUT2D eigenvalue weighted by Crippen LogP contribution is 2.11. The summed E-state index contributed by atoms with van der Waals surface area (Å²) in [5.41, 5.74) is 5.40. The van der Waals surface area contributed by atoms with Crippen molar-refractivity contribution >= 4 is 5.95 Å². The van der Waals surface area contributed by atoms with Crippen LogP contribution in [-0.2, 0) is 11.3 Å². The van der Waals surface area contributed by atoms with E-state index in [1.807, 2.05) is 4.57 Å². The number of nitrogens with two attached hydrogens (primary N) is 1. The summed E-state index contributed by atoms with van der Waals surface area (Å²) in [5.74, 6) is 1.28. The maximum absolute atomic E-state index is 5.40. The molecule has 0 saturated carbocycles. The van der Waals surface area contributed by atoms with Crippen LogP contribution in [-0.4, -0.2) is 43.7 Å². The molecule has 8 heteroatoms. The second-order valence-corrected chi connectivity index (χ2v) is 2.88. The number of anilines is 1. The molecule has 15 heavy (non-hydrogen) atoms. The fourth-order valence-electron chi connectivity index (χ4n) is 1.17. The van der Waals surface area contributed by atoms with Crippen LogP contribution in [0, 0.1) is 0 Å². The second kappa shape index (κ2) is 4.05. The van der Waals surface area contributed by atoms with E-state index in [1.165, 1.54) is 0 Å². The number of hydrogen-bond donors (Lipinski definition) is 2. The fraction of sp³-hybridized carbons (Fsp3) is 0.429. The normalized spacial score (nSPS) is 10.7. The van der Waals surface area contributed by atoms with Crippen molar-refractivity contribution < 1.29 is 4.74 Å². The number of hydrogen-bond acceptors (Lipinski definition) is 6. The summed E-state index contributed by atoms with van der Waals surface area (Å²) in [7, 11) is 1.64. The molecule has 2 aromatic heterocycles. The molecule has 0 unspecified atom stereocenters. The zero-order valence-electron chi connectivity index (χ0n) is 8.21. The van der Waals surface area contributed by atoms with Crippen molar-refractivity contribution in [3.05, 3.63) is 6.33 Å². The Balaban J connectivity index is 2.24. The first-order valence-electron chi connectivity index (χ1n) is 4.36. The highest BCUT2D eigenvalue weighted by molar-refractivity contribution is 5.44.